The fourth-order valence-electron chi connectivity index (χ4n) is 3.18. The van der Waals surface area contributed by atoms with Crippen molar-refractivity contribution in [2.75, 3.05) is 13.2 Å². The zero-order chi connectivity index (χ0) is 22.5. The average molecular weight is 422 g/mol. The van der Waals surface area contributed by atoms with Gasteiger partial charge >= 0.3 is 0 Å². The molecule has 0 saturated carbocycles. The number of carbonyl (C=O) groups excluding carboxylic acids is 1. The number of rotatable bonds is 7. The van der Waals surface area contributed by atoms with Gasteiger partial charge < -0.3 is 10.1 Å². The van der Waals surface area contributed by atoms with Crippen LogP contribution in [0.25, 0.3) is 5.69 Å². The molecule has 0 aliphatic rings. The van der Waals surface area contributed by atoms with Crippen molar-refractivity contribution < 1.29 is 14.5 Å². The molecule has 0 aliphatic carbocycles. The Morgan fingerprint density at radius 1 is 1.13 bits per heavy atom. The number of benzene rings is 2. The highest BCUT2D eigenvalue weighted by molar-refractivity contribution is 5.92. The van der Waals surface area contributed by atoms with Gasteiger partial charge in [-0.3, -0.25) is 19.7 Å². The molecule has 0 saturated heterocycles. The number of aromatic nitrogens is 2. The maximum atomic E-state index is 12.5. The lowest BCUT2D eigenvalue weighted by Crippen LogP contribution is -2.34. The fraction of sp³-hybridized carbons (Fsp3) is 0.227. The molecule has 1 aromatic heterocycles. The van der Waals surface area contributed by atoms with Crippen molar-refractivity contribution >= 4 is 11.6 Å². The number of para-hydroxylation sites is 2. The summed E-state index contributed by atoms with van der Waals surface area (Å²) < 4.78 is 6.87. The van der Waals surface area contributed by atoms with Crippen molar-refractivity contribution in [3.05, 3.63) is 91.4 Å². The summed E-state index contributed by atoms with van der Waals surface area (Å²) >= 11 is 0. The second-order valence-electron chi connectivity index (χ2n) is 7.08. The maximum Gasteiger partial charge on any atom is 0.294 e. The molecule has 1 N–H and O–H groups in total. The third-order valence-electron chi connectivity index (χ3n) is 4.48. The minimum absolute atomic E-state index is 0.159. The molecule has 0 bridgehead atoms. The lowest BCUT2D eigenvalue weighted by Gasteiger charge is -2.12. The molecule has 1 heterocycles. The van der Waals surface area contributed by atoms with Crippen molar-refractivity contribution in [2.45, 2.75) is 20.8 Å². The van der Waals surface area contributed by atoms with E-state index in [0.717, 1.165) is 11.1 Å². The molecule has 31 heavy (non-hydrogen) atoms. The standard InChI is InChI=1S/C22H22N4O5/c1-14-10-15(2)12-17(11-14)31-9-8-23-22(28)21-20(27)13-16(3)25(24-21)18-6-4-5-7-19(18)26(29)30/h4-7,10-13H,8-9H2,1-3H3,(H,23,28). The Labute approximate surface area is 178 Å². The lowest BCUT2D eigenvalue weighted by molar-refractivity contribution is -0.384. The summed E-state index contributed by atoms with van der Waals surface area (Å²) in [6, 6.07) is 13.0. The number of ether oxygens (including phenoxy) is 1. The number of hydrogen-bond acceptors (Lipinski definition) is 6. The normalized spacial score (nSPS) is 10.5. The molecule has 0 radical (unpaired) electrons. The number of aryl methyl sites for hydroxylation is 3. The Bertz CT molecular complexity index is 1180. The van der Waals surface area contributed by atoms with Gasteiger partial charge in [-0.05, 0) is 50.1 Å². The molecule has 1 amide bonds. The third kappa shape index (κ3) is 5.13. The summed E-state index contributed by atoms with van der Waals surface area (Å²) in [5.41, 5.74) is 1.56. The zero-order valence-electron chi connectivity index (χ0n) is 17.4. The van der Waals surface area contributed by atoms with Crippen molar-refractivity contribution in [1.82, 2.24) is 15.1 Å². The van der Waals surface area contributed by atoms with Crippen LogP contribution in [0.5, 0.6) is 5.75 Å². The van der Waals surface area contributed by atoms with E-state index in [0.29, 0.717) is 11.4 Å². The van der Waals surface area contributed by atoms with E-state index in [9.17, 15) is 19.7 Å². The first kappa shape index (κ1) is 21.7. The maximum absolute atomic E-state index is 12.5. The number of nitro benzene ring substituents is 1. The largest absolute Gasteiger partial charge is 0.492 e. The van der Waals surface area contributed by atoms with Gasteiger partial charge in [-0.25, -0.2) is 4.68 Å². The van der Waals surface area contributed by atoms with Crippen LogP contribution in [-0.4, -0.2) is 33.8 Å². The van der Waals surface area contributed by atoms with E-state index in [1.54, 1.807) is 13.0 Å². The van der Waals surface area contributed by atoms with Gasteiger partial charge in [0.05, 0.1) is 11.5 Å². The molecule has 0 atom stereocenters. The summed E-state index contributed by atoms with van der Waals surface area (Å²) in [5.74, 6) is 0.0142. The minimum Gasteiger partial charge on any atom is -0.492 e. The Balaban J connectivity index is 1.75. The Morgan fingerprint density at radius 2 is 1.81 bits per heavy atom. The van der Waals surface area contributed by atoms with E-state index in [4.69, 9.17) is 4.74 Å². The van der Waals surface area contributed by atoms with Crippen LogP contribution in [0.4, 0.5) is 5.69 Å². The van der Waals surface area contributed by atoms with Crippen molar-refractivity contribution in [3.8, 4) is 11.4 Å². The number of nitrogens with one attached hydrogen (secondary N) is 1. The summed E-state index contributed by atoms with van der Waals surface area (Å²) in [7, 11) is 0. The molecule has 0 fully saturated rings. The first-order chi connectivity index (χ1) is 14.8. The monoisotopic (exact) mass is 422 g/mol. The van der Waals surface area contributed by atoms with E-state index >= 15 is 0 Å². The van der Waals surface area contributed by atoms with Gasteiger partial charge in [0.15, 0.2) is 5.69 Å². The molecular formula is C22H22N4O5. The van der Waals surface area contributed by atoms with E-state index in [1.807, 2.05) is 32.0 Å². The Kier molecular flexibility index (Phi) is 6.44. The van der Waals surface area contributed by atoms with Crippen LogP contribution in [0.15, 0.2) is 53.3 Å². The van der Waals surface area contributed by atoms with Gasteiger partial charge in [-0.1, -0.05) is 18.2 Å². The highest BCUT2D eigenvalue weighted by Gasteiger charge is 2.20. The van der Waals surface area contributed by atoms with Crippen molar-refractivity contribution in [3.63, 3.8) is 0 Å². The van der Waals surface area contributed by atoms with Crippen LogP contribution in [0.3, 0.4) is 0 Å². The van der Waals surface area contributed by atoms with Gasteiger partial charge in [0, 0.05) is 17.8 Å². The molecule has 0 spiro atoms. The van der Waals surface area contributed by atoms with Gasteiger partial charge in [0.25, 0.3) is 11.6 Å². The summed E-state index contributed by atoms with van der Waals surface area (Å²) in [4.78, 5) is 35.6. The summed E-state index contributed by atoms with van der Waals surface area (Å²) in [6.07, 6.45) is 0. The smallest absolute Gasteiger partial charge is 0.294 e. The lowest BCUT2D eigenvalue weighted by atomic mass is 10.1. The predicted molar refractivity (Wildman–Crippen MR) is 115 cm³/mol. The van der Waals surface area contributed by atoms with Crippen LogP contribution in [-0.2, 0) is 0 Å². The van der Waals surface area contributed by atoms with Gasteiger partial charge in [-0.2, -0.15) is 5.10 Å². The highest BCUT2D eigenvalue weighted by atomic mass is 16.6. The molecule has 9 nitrogen and oxygen atoms in total. The SMILES string of the molecule is Cc1cc(C)cc(OCCNC(=O)c2nn(-c3ccccc3[N+](=O)[O-])c(C)cc2=O)c1. The topological polar surface area (TPSA) is 116 Å². The molecule has 0 aliphatic heterocycles. The van der Waals surface area contributed by atoms with Crippen LogP contribution >= 0.6 is 0 Å². The van der Waals surface area contributed by atoms with Crippen molar-refractivity contribution in [1.29, 1.82) is 0 Å². The van der Waals surface area contributed by atoms with Crippen LogP contribution in [0.2, 0.25) is 0 Å². The minimum atomic E-state index is -0.679. The van der Waals surface area contributed by atoms with Gasteiger partial charge in [0.1, 0.15) is 18.0 Å². The van der Waals surface area contributed by atoms with E-state index in [1.165, 1.54) is 28.9 Å². The number of carbonyl (C=O) groups is 1. The molecule has 9 heteroatoms. The van der Waals surface area contributed by atoms with E-state index in [2.05, 4.69) is 10.4 Å². The molecular weight excluding hydrogens is 400 g/mol. The quantitative estimate of drug-likeness (QED) is 0.356. The Hall–Kier alpha value is -4.01. The van der Waals surface area contributed by atoms with Crippen LogP contribution in [0, 0.1) is 30.9 Å². The molecule has 3 aromatic rings. The van der Waals surface area contributed by atoms with E-state index in [-0.39, 0.29) is 30.2 Å². The van der Waals surface area contributed by atoms with Gasteiger partial charge in [0.2, 0.25) is 5.43 Å². The van der Waals surface area contributed by atoms with Crippen molar-refractivity contribution in [2.24, 2.45) is 0 Å². The van der Waals surface area contributed by atoms with Crippen LogP contribution < -0.4 is 15.5 Å². The highest BCUT2D eigenvalue weighted by Crippen LogP contribution is 2.22. The third-order valence-corrected chi connectivity index (χ3v) is 4.48. The number of nitro groups is 1. The molecule has 0 unspecified atom stereocenters. The first-order valence-corrected chi connectivity index (χ1v) is 9.60. The first-order valence-electron chi connectivity index (χ1n) is 9.60. The van der Waals surface area contributed by atoms with E-state index < -0.39 is 16.3 Å². The second kappa shape index (κ2) is 9.21. The van der Waals surface area contributed by atoms with Gasteiger partial charge in [-0.15, -0.1) is 0 Å². The summed E-state index contributed by atoms with van der Waals surface area (Å²) in [5, 5.41) is 18.0. The molecule has 2 aromatic carbocycles. The predicted octanol–water partition coefficient (Wildman–Crippen LogP) is 2.87. The zero-order valence-corrected chi connectivity index (χ0v) is 17.4. The number of hydrogen-bond donors (Lipinski definition) is 1. The number of nitrogens with zero attached hydrogens (tertiary/aromatic N) is 3. The average Bonchev–Trinajstić information content (AvgIpc) is 2.70. The summed E-state index contributed by atoms with van der Waals surface area (Å²) in [6.45, 7) is 5.88. The molecule has 160 valence electrons. The fourth-order valence-corrected chi connectivity index (χ4v) is 3.18. The van der Waals surface area contributed by atoms with Crippen LogP contribution in [0.1, 0.15) is 27.3 Å². The second-order valence-corrected chi connectivity index (χ2v) is 7.08. The Morgan fingerprint density at radius 3 is 2.48 bits per heavy atom. The number of amides is 1. The molecule has 3 rings (SSSR count).